The van der Waals surface area contributed by atoms with Crippen LogP contribution in [0.4, 0.5) is 0 Å². The minimum absolute atomic E-state index is 0.0116. The maximum atomic E-state index is 12.9. The lowest BCUT2D eigenvalue weighted by Crippen LogP contribution is -2.44. The summed E-state index contributed by atoms with van der Waals surface area (Å²) >= 11 is 0. The number of amides is 1. The summed E-state index contributed by atoms with van der Waals surface area (Å²) in [5, 5.41) is 0. The Bertz CT molecular complexity index is 748. The van der Waals surface area contributed by atoms with Crippen molar-refractivity contribution in [3.05, 3.63) is 29.8 Å². The Hall–Kier alpha value is -1.60. The van der Waals surface area contributed by atoms with Gasteiger partial charge in [-0.15, -0.1) is 0 Å². The lowest BCUT2D eigenvalue weighted by Gasteiger charge is -2.32. The molecule has 0 bridgehead atoms. The highest BCUT2D eigenvalue weighted by atomic mass is 32.2. The molecular formula is C20H30N2O4S. The fourth-order valence-electron chi connectivity index (χ4n) is 4.13. The van der Waals surface area contributed by atoms with Gasteiger partial charge in [-0.1, -0.05) is 25.0 Å². The van der Waals surface area contributed by atoms with Gasteiger partial charge >= 0.3 is 0 Å². The molecule has 7 heteroatoms. The van der Waals surface area contributed by atoms with Crippen LogP contribution in [0.3, 0.4) is 0 Å². The second kappa shape index (κ2) is 8.61. The summed E-state index contributed by atoms with van der Waals surface area (Å²) in [6, 6.07) is 8.13. The third-order valence-electron chi connectivity index (χ3n) is 5.85. The Kier molecular flexibility index (Phi) is 6.42. The first-order valence-corrected chi connectivity index (χ1v) is 11.6. The molecule has 0 radical (unpaired) electrons. The highest BCUT2D eigenvalue weighted by Gasteiger charge is 2.34. The number of rotatable bonds is 5. The van der Waals surface area contributed by atoms with Gasteiger partial charge in [0.2, 0.25) is 5.91 Å². The minimum Gasteiger partial charge on any atom is -0.497 e. The molecule has 2 aliphatic heterocycles. The molecule has 2 aliphatic rings. The molecule has 1 aromatic rings. The van der Waals surface area contributed by atoms with Crippen molar-refractivity contribution in [1.29, 1.82) is 0 Å². The molecule has 0 spiro atoms. The average Bonchev–Trinajstić information content (AvgIpc) is 2.87. The Labute approximate surface area is 162 Å². The van der Waals surface area contributed by atoms with Crippen molar-refractivity contribution in [3.63, 3.8) is 0 Å². The van der Waals surface area contributed by atoms with Crippen LogP contribution >= 0.6 is 0 Å². The van der Waals surface area contributed by atoms with Crippen molar-refractivity contribution in [2.75, 3.05) is 38.8 Å². The summed E-state index contributed by atoms with van der Waals surface area (Å²) in [6.07, 6.45) is 4.99. The molecule has 2 atom stereocenters. The lowest BCUT2D eigenvalue weighted by atomic mass is 10.0. The molecule has 2 fully saturated rings. The molecule has 6 nitrogen and oxygen atoms in total. The van der Waals surface area contributed by atoms with Gasteiger partial charge in [0, 0.05) is 19.1 Å². The number of likely N-dealkylation sites (tertiary alicyclic amines) is 1. The number of methoxy groups -OCH3 is 1. The quantitative estimate of drug-likeness (QED) is 0.766. The van der Waals surface area contributed by atoms with Crippen molar-refractivity contribution in [3.8, 4) is 5.75 Å². The molecule has 2 saturated heterocycles. The third-order valence-corrected chi connectivity index (χ3v) is 7.60. The van der Waals surface area contributed by atoms with E-state index < -0.39 is 9.84 Å². The average molecular weight is 395 g/mol. The highest BCUT2D eigenvalue weighted by Crippen LogP contribution is 2.31. The van der Waals surface area contributed by atoms with Crippen LogP contribution < -0.4 is 4.74 Å². The van der Waals surface area contributed by atoms with E-state index in [2.05, 4.69) is 17.0 Å². The predicted octanol–water partition coefficient (Wildman–Crippen LogP) is 2.26. The van der Waals surface area contributed by atoms with E-state index in [0.29, 0.717) is 13.0 Å². The van der Waals surface area contributed by atoms with Crippen LogP contribution in [0.1, 0.15) is 43.7 Å². The second-order valence-corrected chi connectivity index (χ2v) is 9.90. The molecule has 0 N–H and O–H groups in total. The molecule has 2 heterocycles. The number of carbonyl (C=O) groups is 1. The highest BCUT2D eigenvalue weighted by molar-refractivity contribution is 7.91. The van der Waals surface area contributed by atoms with Gasteiger partial charge in [0.1, 0.15) is 5.75 Å². The Morgan fingerprint density at radius 2 is 1.93 bits per heavy atom. The largest absolute Gasteiger partial charge is 0.497 e. The van der Waals surface area contributed by atoms with Gasteiger partial charge in [-0.05, 0) is 43.5 Å². The van der Waals surface area contributed by atoms with E-state index in [4.69, 9.17) is 4.74 Å². The molecule has 27 heavy (non-hydrogen) atoms. The normalized spacial score (nSPS) is 25.7. The fourth-order valence-corrected chi connectivity index (χ4v) is 5.90. The number of carbonyl (C=O) groups excluding carboxylic acids is 1. The van der Waals surface area contributed by atoms with Crippen molar-refractivity contribution < 1.29 is 17.9 Å². The zero-order valence-corrected chi connectivity index (χ0v) is 17.1. The first-order chi connectivity index (χ1) is 12.9. The fraction of sp³-hybridized carbons (Fsp3) is 0.650. The summed E-state index contributed by atoms with van der Waals surface area (Å²) in [5.41, 5.74) is 1.21. The van der Waals surface area contributed by atoms with Gasteiger partial charge in [-0.2, -0.15) is 0 Å². The Morgan fingerprint density at radius 3 is 2.56 bits per heavy atom. The number of benzene rings is 1. The third kappa shape index (κ3) is 5.02. The van der Waals surface area contributed by atoms with E-state index in [9.17, 15) is 13.2 Å². The van der Waals surface area contributed by atoms with Gasteiger partial charge < -0.3 is 9.64 Å². The van der Waals surface area contributed by atoms with Crippen LogP contribution in [0.25, 0.3) is 0 Å². The van der Waals surface area contributed by atoms with Crippen LogP contribution in [0, 0.1) is 0 Å². The van der Waals surface area contributed by atoms with Crippen LogP contribution in [0.5, 0.6) is 5.75 Å². The molecular weight excluding hydrogens is 364 g/mol. The van der Waals surface area contributed by atoms with E-state index in [0.717, 1.165) is 31.6 Å². The molecule has 0 aromatic heterocycles. The van der Waals surface area contributed by atoms with Crippen LogP contribution in [0.15, 0.2) is 24.3 Å². The number of ether oxygens (including phenoxy) is 1. The molecule has 0 aliphatic carbocycles. The van der Waals surface area contributed by atoms with Gasteiger partial charge in [-0.25, -0.2) is 8.42 Å². The topological polar surface area (TPSA) is 66.9 Å². The standard InChI is InChI=1S/C20H30N2O4S/c1-21(17-11-13-27(24,25)15-17)20(23)14-22-12-5-3-4-6-19(22)16-7-9-18(26-2)10-8-16/h7-10,17,19H,3-6,11-15H2,1-2H3/t17-,19-/m1/s1. The number of nitrogens with zero attached hydrogens (tertiary/aromatic N) is 2. The maximum Gasteiger partial charge on any atom is 0.236 e. The summed E-state index contributed by atoms with van der Waals surface area (Å²) in [5.74, 6) is 1.12. The molecule has 1 amide bonds. The predicted molar refractivity (Wildman–Crippen MR) is 106 cm³/mol. The lowest BCUT2D eigenvalue weighted by molar-refractivity contribution is -0.133. The zero-order chi connectivity index (χ0) is 19.4. The molecule has 1 aromatic carbocycles. The van der Waals surface area contributed by atoms with Crippen molar-refractivity contribution in [2.45, 2.75) is 44.2 Å². The number of sulfone groups is 1. The van der Waals surface area contributed by atoms with Crippen molar-refractivity contribution in [1.82, 2.24) is 9.80 Å². The zero-order valence-electron chi connectivity index (χ0n) is 16.3. The van der Waals surface area contributed by atoms with Gasteiger partial charge in [-0.3, -0.25) is 9.69 Å². The molecule has 150 valence electrons. The summed E-state index contributed by atoms with van der Waals surface area (Å²) < 4.78 is 28.7. The Morgan fingerprint density at radius 1 is 1.19 bits per heavy atom. The molecule has 3 rings (SSSR count). The van der Waals surface area contributed by atoms with Gasteiger partial charge in [0.05, 0.1) is 25.2 Å². The van der Waals surface area contributed by atoms with Crippen molar-refractivity contribution >= 4 is 15.7 Å². The number of likely N-dealkylation sites (N-methyl/N-ethyl adjacent to an activating group) is 1. The van der Waals surface area contributed by atoms with E-state index >= 15 is 0 Å². The summed E-state index contributed by atoms with van der Waals surface area (Å²) in [7, 11) is 0.409. The van der Waals surface area contributed by atoms with E-state index in [1.807, 2.05) is 12.1 Å². The molecule has 0 saturated carbocycles. The molecule has 0 unspecified atom stereocenters. The SMILES string of the molecule is COc1ccc([C@H]2CCCCCN2CC(=O)N(C)[C@@H]2CCS(=O)(=O)C2)cc1. The van der Waals surface area contributed by atoms with E-state index in [1.165, 1.54) is 12.0 Å². The first-order valence-electron chi connectivity index (χ1n) is 9.74. The van der Waals surface area contributed by atoms with E-state index in [1.54, 1.807) is 19.1 Å². The Balaban J connectivity index is 1.70. The van der Waals surface area contributed by atoms with Crippen molar-refractivity contribution in [2.24, 2.45) is 0 Å². The van der Waals surface area contributed by atoms with Crippen LogP contribution in [-0.2, 0) is 14.6 Å². The minimum atomic E-state index is -2.99. The van der Waals surface area contributed by atoms with E-state index in [-0.39, 0.29) is 29.5 Å². The maximum absolute atomic E-state index is 12.9. The summed E-state index contributed by atoms with van der Waals surface area (Å²) in [4.78, 5) is 16.8. The van der Waals surface area contributed by atoms with Crippen LogP contribution in [0.2, 0.25) is 0 Å². The van der Waals surface area contributed by atoms with Gasteiger partial charge in [0.25, 0.3) is 0 Å². The van der Waals surface area contributed by atoms with Crippen LogP contribution in [-0.4, -0.2) is 68.9 Å². The monoisotopic (exact) mass is 394 g/mol. The first kappa shape index (κ1) is 20.1. The summed E-state index contributed by atoms with van der Waals surface area (Å²) in [6.45, 7) is 1.23. The number of hydrogen-bond acceptors (Lipinski definition) is 5. The second-order valence-electron chi connectivity index (χ2n) is 7.67. The smallest absolute Gasteiger partial charge is 0.236 e. The van der Waals surface area contributed by atoms with Gasteiger partial charge in [0.15, 0.2) is 9.84 Å². The number of hydrogen-bond donors (Lipinski definition) is 0.